The molecular formula is C14H30N2O. The molecule has 3 nitrogen and oxygen atoms in total. The highest BCUT2D eigenvalue weighted by atomic mass is 16.5. The van der Waals surface area contributed by atoms with Gasteiger partial charge in [-0.2, -0.15) is 0 Å². The molecule has 0 aliphatic carbocycles. The summed E-state index contributed by atoms with van der Waals surface area (Å²) < 4.78 is 5.58. The summed E-state index contributed by atoms with van der Waals surface area (Å²) in [6, 6.07) is 0.574. The molecular weight excluding hydrogens is 212 g/mol. The van der Waals surface area contributed by atoms with E-state index in [2.05, 4.69) is 24.1 Å². The summed E-state index contributed by atoms with van der Waals surface area (Å²) >= 11 is 0. The van der Waals surface area contributed by atoms with Gasteiger partial charge in [-0.1, -0.05) is 33.1 Å². The fourth-order valence-corrected chi connectivity index (χ4v) is 2.60. The van der Waals surface area contributed by atoms with Crippen molar-refractivity contribution in [3.05, 3.63) is 0 Å². The van der Waals surface area contributed by atoms with E-state index in [4.69, 9.17) is 4.74 Å². The van der Waals surface area contributed by atoms with Gasteiger partial charge >= 0.3 is 0 Å². The second-order valence-corrected chi connectivity index (χ2v) is 5.20. The molecule has 1 N–H and O–H groups in total. The quantitative estimate of drug-likeness (QED) is 0.705. The van der Waals surface area contributed by atoms with E-state index < -0.39 is 0 Å². The molecule has 102 valence electrons. The van der Waals surface area contributed by atoms with E-state index in [9.17, 15) is 0 Å². The van der Waals surface area contributed by atoms with Crippen molar-refractivity contribution in [2.24, 2.45) is 5.92 Å². The summed E-state index contributed by atoms with van der Waals surface area (Å²) in [5, 5.41) is 3.28. The second kappa shape index (κ2) is 8.90. The van der Waals surface area contributed by atoms with Crippen molar-refractivity contribution in [3.8, 4) is 0 Å². The van der Waals surface area contributed by atoms with Gasteiger partial charge in [0, 0.05) is 25.7 Å². The molecule has 2 unspecified atom stereocenters. The molecule has 1 rings (SSSR count). The van der Waals surface area contributed by atoms with Crippen LogP contribution in [0.25, 0.3) is 0 Å². The highest BCUT2D eigenvalue weighted by Crippen LogP contribution is 2.17. The average Bonchev–Trinajstić information content (AvgIpc) is 2.36. The van der Waals surface area contributed by atoms with Crippen molar-refractivity contribution < 1.29 is 4.74 Å². The summed E-state index contributed by atoms with van der Waals surface area (Å²) in [6.07, 6.45) is 5.39. The third kappa shape index (κ3) is 5.36. The van der Waals surface area contributed by atoms with E-state index >= 15 is 0 Å². The Kier molecular flexibility index (Phi) is 7.82. The monoisotopic (exact) mass is 242 g/mol. The average molecular weight is 242 g/mol. The van der Waals surface area contributed by atoms with Crippen LogP contribution in [0.15, 0.2) is 0 Å². The van der Waals surface area contributed by atoms with Crippen LogP contribution in [0.2, 0.25) is 0 Å². The number of nitrogens with zero attached hydrogens (tertiary/aromatic N) is 1. The van der Waals surface area contributed by atoms with Crippen molar-refractivity contribution in [1.82, 2.24) is 10.2 Å². The zero-order chi connectivity index (χ0) is 12.5. The molecule has 0 amide bonds. The van der Waals surface area contributed by atoms with Crippen LogP contribution in [-0.2, 0) is 4.74 Å². The molecule has 0 aromatic carbocycles. The van der Waals surface area contributed by atoms with Crippen LogP contribution in [0.1, 0.15) is 39.5 Å². The lowest BCUT2D eigenvalue weighted by molar-refractivity contribution is -0.0139. The van der Waals surface area contributed by atoms with Crippen molar-refractivity contribution >= 4 is 0 Å². The summed E-state index contributed by atoms with van der Waals surface area (Å²) in [5.41, 5.74) is 0. The maximum absolute atomic E-state index is 5.58. The number of morpholine rings is 1. The maximum atomic E-state index is 5.58. The molecule has 0 saturated carbocycles. The first-order valence-corrected chi connectivity index (χ1v) is 7.28. The van der Waals surface area contributed by atoms with Gasteiger partial charge in [0.05, 0.1) is 13.2 Å². The van der Waals surface area contributed by atoms with E-state index in [-0.39, 0.29) is 0 Å². The molecule has 1 fully saturated rings. The van der Waals surface area contributed by atoms with Gasteiger partial charge < -0.3 is 10.1 Å². The third-order valence-corrected chi connectivity index (χ3v) is 3.83. The fourth-order valence-electron chi connectivity index (χ4n) is 2.60. The SMILES string of the molecule is CCCCC(CC)CN1CCOCC1CNC. The lowest BCUT2D eigenvalue weighted by atomic mass is 9.98. The Morgan fingerprint density at radius 1 is 1.41 bits per heavy atom. The minimum Gasteiger partial charge on any atom is -0.378 e. The van der Waals surface area contributed by atoms with Gasteiger partial charge in [0.1, 0.15) is 0 Å². The first kappa shape index (κ1) is 14.9. The minimum atomic E-state index is 0.574. The van der Waals surface area contributed by atoms with Crippen LogP contribution in [0, 0.1) is 5.92 Å². The molecule has 3 heteroatoms. The van der Waals surface area contributed by atoms with E-state index in [0.29, 0.717) is 6.04 Å². The van der Waals surface area contributed by atoms with Crippen molar-refractivity contribution in [1.29, 1.82) is 0 Å². The van der Waals surface area contributed by atoms with Gasteiger partial charge in [0.25, 0.3) is 0 Å². The number of hydrogen-bond acceptors (Lipinski definition) is 3. The molecule has 0 aromatic heterocycles. The normalized spacial score (nSPS) is 23.8. The summed E-state index contributed by atoms with van der Waals surface area (Å²) in [6.45, 7) is 9.82. The number of nitrogens with one attached hydrogen (secondary N) is 1. The van der Waals surface area contributed by atoms with Crippen molar-refractivity contribution in [3.63, 3.8) is 0 Å². The Morgan fingerprint density at radius 3 is 2.88 bits per heavy atom. The van der Waals surface area contributed by atoms with Crippen LogP contribution >= 0.6 is 0 Å². The molecule has 2 atom stereocenters. The molecule has 0 bridgehead atoms. The number of rotatable bonds is 8. The third-order valence-electron chi connectivity index (χ3n) is 3.83. The van der Waals surface area contributed by atoms with Crippen LogP contribution in [-0.4, -0.2) is 50.8 Å². The number of ether oxygens (including phenoxy) is 1. The van der Waals surface area contributed by atoms with Crippen LogP contribution in [0.3, 0.4) is 0 Å². The Bertz CT molecular complexity index is 185. The van der Waals surface area contributed by atoms with Gasteiger partial charge in [0.2, 0.25) is 0 Å². The van der Waals surface area contributed by atoms with Gasteiger partial charge in [-0.15, -0.1) is 0 Å². The summed E-state index contributed by atoms with van der Waals surface area (Å²) in [7, 11) is 2.03. The fraction of sp³-hybridized carbons (Fsp3) is 1.00. The zero-order valence-corrected chi connectivity index (χ0v) is 11.9. The van der Waals surface area contributed by atoms with Crippen LogP contribution < -0.4 is 5.32 Å². The van der Waals surface area contributed by atoms with E-state index in [1.807, 2.05) is 7.05 Å². The predicted octanol–water partition coefficient (Wildman–Crippen LogP) is 2.12. The zero-order valence-electron chi connectivity index (χ0n) is 11.9. The first-order valence-electron chi connectivity index (χ1n) is 7.28. The Balaban J connectivity index is 2.38. The van der Waals surface area contributed by atoms with E-state index in [1.54, 1.807) is 0 Å². The molecule has 1 heterocycles. The van der Waals surface area contributed by atoms with Gasteiger partial charge in [0.15, 0.2) is 0 Å². The van der Waals surface area contributed by atoms with Gasteiger partial charge in [-0.3, -0.25) is 4.90 Å². The van der Waals surface area contributed by atoms with Gasteiger partial charge in [-0.25, -0.2) is 0 Å². The molecule has 0 radical (unpaired) electrons. The van der Waals surface area contributed by atoms with Crippen LogP contribution in [0.4, 0.5) is 0 Å². The topological polar surface area (TPSA) is 24.5 Å². The number of hydrogen-bond donors (Lipinski definition) is 1. The lowest BCUT2D eigenvalue weighted by Crippen LogP contribution is -2.51. The molecule has 1 aliphatic rings. The molecule has 0 aromatic rings. The Hall–Kier alpha value is -0.120. The van der Waals surface area contributed by atoms with E-state index in [0.717, 1.165) is 32.2 Å². The molecule has 1 aliphatic heterocycles. The smallest absolute Gasteiger partial charge is 0.0634 e. The van der Waals surface area contributed by atoms with Crippen molar-refractivity contribution in [2.75, 3.05) is 39.9 Å². The van der Waals surface area contributed by atoms with Gasteiger partial charge in [-0.05, 0) is 19.4 Å². The first-order chi connectivity index (χ1) is 8.31. The lowest BCUT2D eigenvalue weighted by Gasteiger charge is -2.37. The summed E-state index contributed by atoms with van der Waals surface area (Å²) in [4.78, 5) is 2.63. The summed E-state index contributed by atoms with van der Waals surface area (Å²) in [5.74, 6) is 0.868. The largest absolute Gasteiger partial charge is 0.378 e. The Morgan fingerprint density at radius 2 is 2.24 bits per heavy atom. The molecule has 0 spiro atoms. The maximum Gasteiger partial charge on any atom is 0.0634 e. The Labute approximate surface area is 107 Å². The highest BCUT2D eigenvalue weighted by Gasteiger charge is 2.24. The molecule has 1 saturated heterocycles. The molecule has 17 heavy (non-hydrogen) atoms. The van der Waals surface area contributed by atoms with E-state index in [1.165, 1.54) is 32.2 Å². The minimum absolute atomic E-state index is 0.574. The number of likely N-dealkylation sites (N-methyl/N-ethyl adjacent to an activating group) is 1. The predicted molar refractivity (Wildman–Crippen MR) is 73.4 cm³/mol. The van der Waals surface area contributed by atoms with Crippen LogP contribution in [0.5, 0.6) is 0 Å². The van der Waals surface area contributed by atoms with Crippen molar-refractivity contribution in [2.45, 2.75) is 45.6 Å². The number of unbranched alkanes of at least 4 members (excludes halogenated alkanes) is 1. The highest BCUT2D eigenvalue weighted by molar-refractivity contribution is 4.78. The second-order valence-electron chi connectivity index (χ2n) is 5.20. The standard InChI is InChI=1S/C14H30N2O/c1-4-6-7-13(5-2)11-16-8-9-17-12-14(16)10-15-3/h13-15H,4-12H2,1-3H3.